The number of pyridine rings is 1. The highest BCUT2D eigenvalue weighted by Gasteiger charge is 2.15. The normalized spacial score (nSPS) is 10.2. The maximum atomic E-state index is 13.2. The van der Waals surface area contributed by atoms with Crippen LogP contribution < -0.4 is 5.73 Å². The van der Waals surface area contributed by atoms with Crippen LogP contribution in [0.1, 0.15) is 5.56 Å². The smallest absolute Gasteiger partial charge is 0.270 e. The zero-order chi connectivity index (χ0) is 18.0. The van der Waals surface area contributed by atoms with Gasteiger partial charge in [-0.25, -0.2) is 9.37 Å². The zero-order valence-corrected chi connectivity index (χ0v) is 12.8. The number of hydrogen-bond acceptors (Lipinski definition) is 5. The van der Waals surface area contributed by atoms with Crippen molar-refractivity contribution in [2.24, 2.45) is 0 Å². The van der Waals surface area contributed by atoms with Crippen LogP contribution in [-0.2, 0) is 0 Å². The van der Waals surface area contributed by atoms with E-state index >= 15 is 0 Å². The predicted octanol–water partition coefficient (Wildman–Crippen LogP) is 3.92. The first-order valence-corrected chi connectivity index (χ1v) is 7.21. The highest BCUT2D eigenvalue weighted by Crippen LogP contribution is 2.32. The second-order valence-corrected chi connectivity index (χ2v) is 5.24. The van der Waals surface area contributed by atoms with Gasteiger partial charge in [0.1, 0.15) is 23.3 Å². The van der Waals surface area contributed by atoms with Crippen LogP contribution >= 0.6 is 0 Å². The van der Waals surface area contributed by atoms with Crippen LogP contribution in [0.3, 0.4) is 0 Å². The Balaban J connectivity index is 2.20. The van der Waals surface area contributed by atoms with E-state index in [2.05, 4.69) is 4.98 Å². The van der Waals surface area contributed by atoms with Crippen LogP contribution in [0.4, 0.5) is 15.9 Å². The molecule has 0 radical (unpaired) electrons. The van der Waals surface area contributed by atoms with Gasteiger partial charge in [0.25, 0.3) is 5.69 Å². The fourth-order valence-electron chi connectivity index (χ4n) is 2.47. The molecule has 3 aromatic rings. The third-order valence-electron chi connectivity index (χ3n) is 3.67. The van der Waals surface area contributed by atoms with Crippen molar-refractivity contribution in [1.29, 1.82) is 5.26 Å². The molecular weight excluding hydrogens is 323 g/mol. The third-order valence-corrected chi connectivity index (χ3v) is 3.67. The minimum absolute atomic E-state index is 0.00540. The van der Waals surface area contributed by atoms with E-state index in [1.54, 1.807) is 18.2 Å². The lowest BCUT2D eigenvalue weighted by molar-refractivity contribution is -0.384. The summed E-state index contributed by atoms with van der Waals surface area (Å²) in [5.74, 6) is -0.394. The van der Waals surface area contributed by atoms with Gasteiger partial charge in [-0.15, -0.1) is 0 Å². The lowest BCUT2D eigenvalue weighted by atomic mass is 9.98. The Morgan fingerprint density at radius 1 is 1.12 bits per heavy atom. The molecule has 0 saturated heterocycles. The van der Waals surface area contributed by atoms with Crippen LogP contribution in [-0.4, -0.2) is 9.91 Å². The molecule has 1 aromatic heterocycles. The monoisotopic (exact) mass is 334 g/mol. The summed E-state index contributed by atoms with van der Waals surface area (Å²) < 4.78 is 13.2. The fraction of sp³-hybridized carbons (Fsp3) is 0. The first-order valence-electron chi connectivity index (χ1n) is 7.21. The number of anilines is 1. The molecule has 2 aromatic carbocycles. The van der Waals surface area contributed by atoms with Gasteiger partial charge >= 0.3 is 0 Å². The van der Waals surface area contributed by atoms with Crippen LogP contribution in [0.15, 0.2) is 54.6 Å². The predicted molar refractivity (Wildman–Crippen MR) is 90.8 cm³/mol. The van der Waals surface area contributed by atoms with Gasteiger partial charge in [0.15, 0.2) is 0 Å². The quantitative estimate of drug-likeness (QED) is 0.577. The minimum Gasteiger partial charge on any atom is -0.383 e. The van der Waals surface area contributed by atoms with Crippen LogP contribution in [0.2, 0.25) is 0 Å². The van der Waals surface area contributed by atoms with Crippen molar-refractivity contribution in [3.63, 3.8) is 0 Å². The van der Waals surface area contributed by atoms with Gasteiger partial charge in [0, 0.05) is 23.3 Å². The van der Waals surface area contributed by atoms with Gasteiger partial charge in [-0.05, 0) is 23.8 Å². The largest absolute Gasteiger partial charge is 0.383 e. The van der Waals surface area contributed by atoms with Crippen molar-refractivity contribution >= 4 is 11.5 Å². The molecule has 0 aliphatic carbocycles. The molecule has 0 atom stereocenters. The average molecular weight is 334 g/mol. The maximum Gasteiger partial charge on any atom is 0.270 e. The van der Waals surface area contributed by atoms with Crippen LogP contribution in [0, 0.1) is 27.3 Å². The number of nitrogens with two attached hydrogens (primary N) is 1. The molecule has 0 bridgehead atoms. The molecule has 0 aliphatic rings. The summed E-state index contributed by atoms with van der Waals surface area (Å²) in [7, 11) is 0. The molecule has 6 nitrogen and oxygen atoms in total. The third kappa shape index (κ3) is 3.14. The first-order chi connectivity index (χ1) is 12.0. The molecule has 0 aliphatic heterocycles. The van der Waals surface area contributed by atoms with Crippen LogP contribution in [0.5, 0.6) is 0 Å². The Bertz CT molecular complexity index is 1010. The number of halogens is 1. The number of benzene rings is 2. The average Bonchev–Trinajstić information content (AvgIpc) is 2.62. The van der Waals surface area contributed by atoms with Gasteiger partial charge in [-0.3, -0.25) is 10.1 Å². The number of hydrogen-bond donors (Lipinski definition) is 1. The topological polar surface area (TPSA) is 106 Å². The molecule has 7 heteroatoms. The molecule has 0 spiro atoms. The van der Waals surface area contributed by atoms with Gasteiger partial charge < -0.3 is 5.73 Å². The highest BCUT2D eigenvalue weighted by molar-refractivity contribution is 5.80. The molecule has 0 fully saturated rings. The van der Waals surface area contributed by atoms with E-state index < -0.39 is 10.7 Å². The van der Waals surface area contributed by atoms with E-state index in [1.165, 1.54) is 36.4 Å². The Morgan fingerprint density at radius 2 is 1.84 bits per heavy atom. The Labute approximate surface area is 142 Å². The number of aromatic nitrogens is 1. The summed E-state index contributed by atoms with van der Waals surface area (Å²) in [6, 6.07) is 15.2. The van der Waals surface area contributed by atoms with E-state index in [9.17, 15) is 19.8 Å². The minimum atomic E-state index is -0.503. The molecule has 25 heavy (non-hydrogen) atoms. The number of nitro benzene ring substituents is 1. The van der Waals surface area contributed by atoms with Gasteiger partial charge in [-0.1, -0.05) is 24.3 Å². The number of non-ortho nitro benzene ring substituents is 1. The van der Waals surface area contributed by atoms with E-state index in [0.29, 0.717) is 22.4 Å². The maximum absolute atomic E-state index is 13.2. The molecule has 3 rings (SSSR count). The summed E-state index contributed by atoms with van der Waals surface area (Å²) in [6.07, 6.45) is 0. The van der Waals surface area contributed by atoms with Crippen molar-refractivity contribution in [3.05, 3.63) is 76.1 Å². The Hall–Kier alpha value is -3.79. The van der Waals surface area contributed by atoms with Gasteiger partial charge in [0.05, 0.1) is 10.6 Å². The first kappa shape index (κ1) is 16.1. The summed E-state index contributed by atoms with van der Waals surface area (Å²) in [4.78, 5) is 14.6. The standard InChI is InChI=1S/C18H11FN4O2/c19-13-6-4-11(5-7-13)15-9-17(22-18(21)16(15)10-20)12-2-1-3-14(8-12)23(24)25/h1-9H,(H2,21,22). The molecule has 122 valence electrons. The number of nitriles is 1. The second-order valence-electron chi connectivity index (χ2n) is 5.24. The van der Waals surface area contributed by atoms with E-state index in [0.717, 1.165) is 0 Å². The van der Waals surface area contributed by atoms with Gasteiger partial charge in [-0.2, -0.15) is 5.26 Å². The summed E-state index contributed by atoms with van der Waals surface area (Å²) >= 11 is 0. The lowest BCUT2D eigenvalue weighted by Gasteiger charge is -2.10. The van der Waals surface area contributed by atoms with Crippen molar-refractivity contribution in [2.75, 3.05) is 5.73 Å². The van der Waals surface area contributed by atoms with Crippen molar-refractivity contribution < 1.29 is 9.31 Å². The molecule has 0 saturated carbocycles. The number of rotatable bonds is 3. The molecular formula is C18H11FN4O2. The van der Waals surface area contributed by atoms with E-state index in [1.807, 2.05) is 6.07 Å². The van der Waals surface area contributed by atoms with Crippen molar-refractivity contribution in [1.82, 2.24) is 4.98 Å². The van der Waals surface area contributed by atoms with Crippen molar-refractivity contribution in [2.45, 2.75) is 0 Å². The SMILES string of the molecule is N#Cc1c(-c2ccc(F)cc2)cc(-c2cccc([N+](=O)[O-])c2)nc1N. The Morgan fingerprint density at radius 3 is 2.48 bits per heavy atom. The number of nitrogen functional groups attached to an aromatic ring is 1. The number of nitro groups is 1. The Kier molecular flexibility index (Phi) is 4.10. The number of nitrogens with zero attached hydrogens (tertiary/aromatic N) is 3. The second kappa shape index (κ2) is 6.37. The summed E-state index contributed by atoms with van der Waals surface area (Å²) in [5.41, 5.74) is 7.94. The fourth-order valence-corrected chi connectivity index (χ4v) is 2.47. The zero-order valence-electron chi connectivity index (χ0n) is 12.8. The molecule has 0 unspecified atom stereocenters. The summed E-state index contributed by atoms with van der Waals surface area (Å²) in [6.45, 7) is 0. The lowest BCUT2D eigenvalue weighted by Crippen LogP contribution is -2.00. The highest BCUT2D eigenvalue weighted by atomic mass is 19.1. The van der Waals surface area contributed by atoms with E-state index in [-0.39, 0.29) is 17.1 Å². The molecule has 2 N–H and O–H groups in total. The van der Waals surface area contributed by atoms with Gasteiger partial charge in [0.2, 0.25) is 0 Å². The summed E-state index contributed by atoms with van der Waals surface area (Å²) in [5, 5.41) is 20.3. The van der Waals surface area contributed by atoms with E-state index in [4.69, 9.17) is 5.73 Å². The van der Waals surface area contributed by atoms with Crippen molar-refractivity contribution in [3.8, 4) is 28.5 Å². The molecule has 0 amide bonds. The molecule has 1 heterocycles. The van der Waals surface area contributed by atoms with Crippen LogP contribution in [0.25, 0.3) is 22.4 Å².